The number of nitrogens with zero attached hydrogens (tertiary/aromatic N) is 4. The maximum atomic E-state index is 7.25. The van der Waals surface area contributed by atoms with E-state index < -0.39 is 17.1 Å². The van der Waals surface area contributed by atoms with Crippen molar-refractivity contribution in [3.8, 4) is 0 Å². The molecule has 2 aliphatic rings. The van der Waals surface area contributed by atoms with Crippen molar-refractivity contribution in [2.45, 2.75) is 102 Å². The van der Waals surface area contributed by atoms with Gasteiger partial charge in [0.1, 0.15) is 24.2 Å². The Bertz CT molecular complexity index is 967. The van der Waals surface area contributed by atoms with Crippen molar-refractivity contribution in [2.24, 2.45) is 0 Å². The highest BCUT2D eigenvalue weighted by molar-refractivity contribution is 6.83. The first-order chi connectivity index (χ1) is 15.5. The van der Waals surface area contributed by atoms with Gasteiger partial charge in [-0.25, -0.2) is 15.0 Å². The van der Waals surface area contributed by atoms with Gasteiger partial charge in [-0.1, -0.05) is 55.4 Å². The maximum Gasteiger partial charge on any atom is 0.335 e. The fourth-order valence-corrected chi connectivity index (χ4v) is 16.6. The number of fused-ring (bicyclic) bond motifs is 2. The SMILES string of the molecule is CC(C)[Si]1(C(C)C)OC[C@@H]2OC(n3cnc4c(N)ncnc43)C[C@@H]2O[Si](C(C)C)(C(C)C)O1. The molecular weight excluding hydrogens is 454 g/mol. The van der Waals surface area contributed by atoms with Crippen LogP contribution in [0.1, 0.15) is 68.0 Å². The van der Waals surface area contributed by atoms with Crippen molar-refractivity contribution in [3.05, 3.63) is 12.7 Å². The van der Waals surface area contributed by atoms with E-state index in [1.54, 1.807) is 6.33 Å². The minimum absolute atomic E-state index is 0.116. The first-order valence-electron chi connectivity index (χ1n) is 12.1. The van der Waals surface area contributed by atoms with Crippen LogP contribution in [0, 0.1) is 0 Å². The Balaban J connectivity index is 1.72. The molecule has 0 saturated carbocycles. The van der Waals surface area contributed by atoms with Gasteiger partial charge >= 0.3 is 17.1 Å². The molecule has 184 valence electrons. The molecule has 0 spiro atoms. The lowest BCUT2D eigenvalue weighted by Crippen LogP contribution is -2.65. The topological polar surface area (TPSA) is 107 Å². The Hall–Kier alpha value is -1.38. The van der Waals surface area contributed by atoms with Crippen LogP contribution in [0.15, 0.2) is 12.7 Å². The molecule has 11 heteroatoms. The Morgan fingerprint density at radius 1 is 0.909 bits per heavy atom. The van der Waals surface area contributed by atoms with Crippen LogP contribution in [-0.4, -0.2) is 55.5 Å². The average molecular weight is 494 g/mol. The van der Waals surface area contributed by atoms with Gasteiger partial charge < -0.3 is 23.4 Å². The van der Waals surface area contributed by atoms with E-state index in [1.807, 2.05) is 4.57 Å². The smallest absolute Gasteiger partial charge is 0.335 e. The summed E-state index contributed by atoms with van der Waals surface area (Å²) in [6, 6.07) is 0. The second-order valence-electron chi connectivity index (χ2n) is 10.6. The van der Waals surface area contributed by atoms with Gasteiger partial charge in [0.05, 0.1) is 19.0 Å². The van der Waals surface area contributed by atoms with Crippen molar-refractivity contribution < 1.29 is 17.7 Å². The predicted molar refractivity (Wildman–Crippen MR) is 132 cm³/mol. The van der Waals surface area contributed by atoms with Gasteiger partial charge in [-0.15, -0.1) is 0 Å². The van der Waals surface area contributed by atoms with Crippen LogP contribution in [0.3, 0.4) is 0 Å². The lowest BCUT2D eigenvalue weighted by atomic mass is 10.2. The van der Waals surface area contributed by atoms with Crippen LogP contribution in [0.25, 0.3) is 11.2 Å². The number of hydrogen-bond acceptors (Lipinski definition) is 8. The molecule has 2 saturated heterocycles. The average Bonchev–Trinajstić information content (AvgIpc) is 3.32. The molecule has 2 aliphatic heterocycles. The Morgan fingerprint density at radius 3 is 2.15 bits per heavy atom. The van der Waals surface area contributed by atoms with Crippen molar-refractivity contribution >= 4 is 34.1 Å². The van der Waals surface area contributed by atoms with Crippen molar-refractivity contribution in [3.63, 3.8) is 0 Å². The number of aromatic nitrogens is 4. The highest BCUT2D eigenvalue weighted by Gasteiger charge is 2.60. The lowest BCUT2D eigenvalue weighted by molar-refractivity contribution is -0.0544. The number of nitrogen functional groups attached to an aromatic ring is 1. The predicted octanol–water partition coefficient (Wildman–Crippen LogP) is 4.65. The van der Waals surface area contributed by atoms with Crippen LogP contribution in [0.2, 0.25) is 22.2 Å². The molecule has 4 heterocycles. The van der Waals surface area contributed by atoms with Crippen LogP contribution < -0.4 is 5.73 Å². The number of nitrogens with two attached hydrogens (primary N) is 1. The largest absolute Gasteiger partial charge is 0.414 e. The summed E-state index contributed by atoms with van der Waals surface area (Å²) < 4.78 is 29.7. The summed E-state index contributed by atoms with van der Waals surface area (Å²) >= 11 is 0. The third-order valence-electron chi connectivity index (χ3n) is 7.22. The molecule has 0 bridgehead atoms. The molecule has 0 aromatic carbocycles. The zero-order chi connectivity index (χ0) is 24.1. The van der Waals surface area contributed by atoms with E-state index in [0.717, 1.165) is 0 Å². The fraction of sp³-hybridized carbons (Fsp3) is 0.773. The molecule has 33 heavy (non-hydrogen) atoms. The molecule has 4 rings (SSSR count). The van der Waals surface area contributed by atoms with Gasteiger partial charge in [0.2, 0.25) is 0 Å². The summed E-state index contributed by atoms with van der Waals surface area (Å²) in [6.45, 7) is 18.3. The third-order valence-corrected chi connectivity index (χ3v) is 17.5. The van der Waals surface area contributed by atoms with Crippen LogP contribution in [0.4, 0.5) is 5.82 Å². The summed E-state index contributed by atoms with van der Waals surface area (Å²) in [6.07, 6.45) is 3.31. The maximum absolute atomic E-state index is 7.25. The van der Waals surface area contributed by atoms with Crippen LogP contribution in [-0.2, 0) is 17.7 Å². The van der Waals surface area contributed by atoms with E-state index in [1.165, 1.54) is 6.33 Å². The van der Waals surface area contributed by atoms with E-state index in [2.05, 4.69) is 70.3 Å². The normalized spacial score (nSPS) is 27.5. The minimum atomic E-state index is -2.66. The van der Waals surface area contributed by atoms with E-state index in [-0.39, 0.29) is 29.5 Å². The van der Waals surface area contributed by atoms with Gasteiger partial charge in [0.25, 0.3) is 0 Å². The highest BCUT2D eigenvalue weighted by atomic mass is 28.5. The zero-order valence-corrected chi connectivity index (χ0v) is 23.1. The standard InChI is InChI=1S/C22H39N5O4Si2/c1-13(2)32(14(3)4)28-10-18-17(30-33(31-32,15(5)6)16(7)8)9-19(29-18)27-12-26-20-21(23)24-11-25-22(20)27/h11-19H,9-10H2,1-8H3,(H2,23,24,25)/t17-,18-,19?/m0/s1. The first-order valence-corrected chi connectivity index (χ1v) is 16.1. The number of ether oxygens (including phenoxy) is 1. The van der Waals surface area contributed by atoms with Gasteiger partial charge in [-0.3, -0.25) is 4.57 Å². The molecule has 0 amide bonds. The van der Waals surface area contributed by atoms with Gasteiger partial charge in [-0.05, 0) is 22.2 Å². The highest BCUT2D eigenvalue weighted by Crippen LogP contribution is 2.48. The number of anilines is 1. The van der Waals surface area contributed by atoms with E-state index in [9.17, 15) is 0 Å². The Labute approximate surface area is 198 Å². The van der Waals surface area contributed by atoms with Gasteiger partial charge in [-0.2, -0.15) is 0 Å². The molecule has 2 aromatic rings. The second-order valence-corrected chi connectivity index (χ2v) is 19.4. The minimum Gasteiger partial charge on any atom is -0.414 e. The summed E-state index contributed by atoms with van der Waals surface area (Å²) in [5.41, 5.74) is 8.42. The monoisotopic (exact) mass is 493 g/mol. The van der Waals surface area contributed by atoms with E-state index >= 15 is 0 Å². The summed E-state index contributed by atoms with van der Waals surface area (Å²) in [5, 5.41) is 0. The first kappa shape index (κ1) is 24.7. The Morgan fingerprint density at radius 2 is 1.55 bits per heavy atom. The zero-order valence-electron chi connectivity index (χ0n) is 21.1. The second kappa shape index (κ2) is 9.01. The van der Waals surface area contributed by atoms with Crippen molar-refractivity contribution in [2.75, 3.05) is 12.3 Å². The van der Waals surface area contributed by atoms with Crippen molar-refractivity contribution in [1.82, 2.24) is 19.5 Å². The molecule has 2 aromatic heterocycles. The molecule has 2 N–H and O–H groups in total. The molecule has 0 aliphatic carbocycles. The van der Waals surface area contributed by atoms with Gasteiger partial charge in [0.15, 0.2) is 11.5 Å². The molecule has 3 atom stereocenters. The van der Waals surface area contributed by atoms with Crippen LogP contribution in [0.5, 0.6) is 0 Å². The summed E-state index contributed by atoms with van der Waals surface area (Å²) in [4.78, 5) is 12.9. The Kier molecular flexibility index (Phi) is 6.75. The lowest BCUT2D eigenvalue weighted by Gasteiger charge is -2.51. The molecule has 9 nitrogen and oxygen atoms in total. The number of hydrogen-bond donors (Lipinski definition) is 1. The number of imidazole rings is 1. The van der Waals surface area contributed by atoms with E-state index in [0.29, 0.717) is 41.1 Å². The molecule has 1 unspecified atom stereocenters. The van der Waals surface area contributed by atoms with Crippen molar-refractivity contribution in [1.29, 1.82) is 0 Å². The molecule has 2 fully saturated rings. The van der Waals surface area contributed by atoms with Gasteiger partial charge in [0, 0.05) is 6.42 Å². The quantitative estimate of drug-likeness (QED) is 0.600. The number of rotatable bonds is 5. The van der Waals surface area contributed by atoms with Crippen LogP contribution >= 0.6 is 0 Å². The third kappa shape index (κ3) is 4.06. The summed E-state index contributed by atoms with van der Waals surface area (Å²) in [5.74, 6) is 0.367. The van der Waals surface area contributed by atoms with E-state index in [4.69, 9.17) is 23.4 Å². The fourth-order valence-electron chi connectivity index (χ4n) is 5.39. The molecular formula is C22H39N5O4Si2. The molecule has 0 radical (unpaired) electrons. The summed E-state index contributed by atoms with van der Waals surface area (Å²) in [7, 11) is -5.24.